The number of hydrogen-bond donors (Lipinski definition) is 3. The minimum atomic E-state index is -6.84. The molecule has 1 aliphatic heterocycles. The van der Waals surface area contributed by atoms with Crippen molar-refractivity contribution in [2.24, 2.45) is 11.3 Å². The summed E-state index contributed by atoms with van der Waals surface area (Å²) in [5.41, 5.74) is -6.25. The predicted octanol–water partition coefficient (Wildman–Crippen LogP) is 1.69. The lowest BCUT2D eigenvalue weighted by atomic mass is 9.70. The average Bonchev–Trinajstić information content (AvgIpc) is 2.55. The number of halogens is 9. The van der Waals surface area contributed by atoms with E-state index in [0.717, 1.165) is 0 Å². The highest BCUT2D eigenvalue weighted by molar-refractivity contribution is 5.74. The Kier molecular flexibility index (Phi) is 4.40. The smallest absolute Gasteiger partial charge is 0.412 e. The van der Waals surface area contributed by atoms with E-state index < -0.39 is 54.5 Å². The van der Waals surface area contributed by atoms with Gasteiger partial charge in [-0.25, -0.2) is 0 Å². The van der Waals surface area contributed by atoms with Crippen LogP contribution in [0.1, 0.15) is 0 Å². The minimum absolute atomic E-state index is 1.53. The van der Waals surface area contributed by atoms with Crippen molar-refractivity contribution in [2.45, 2.75) is 30.7 Å². The Hall–Kier alpha value is -1.24. The van der Waals surface area contributed by atoms with Gasteiger partial charge < -0.3 is 15.5 Å². The van der Waals surface area contributed by atoms with Gasteiger partial charge in [0.2, 0.25) is 0 Å². The highest BCUT2D eigenvalue weighted by Gasteiger charge is 2.87. The molecule has 1 aliphatic rings. The Bertz CT molecular complexity index is 405. The van der Waals surface area contributed by atoms with Gasteiger partial charge in [-0.05, 0) is 0 Å². The van der Waals surface area contributed by atoms with Crippen LogP contribution in [0.15, 0.2) is 0 Å². The third-order valence-corrected chi connectivity index (χ3v) is 3.48. The molecule has 0 aromatic carbocycles. The number of carbonyl (C=O) groups is 1. The van der Waals surface area contributed by atoms with Crippen molar-refractivity contribution in [2.75, 3.05) is 6.54 Å². The largest absolute Gasteiger partial charge is 0.480 e. The number of nitrogens with one attached hydrogen (secondary N) is 1. The van der Waals surface area contributed by atoms with E-state index in [4.69, 9.17) is 5.11 Å². The summed E-state index contributed by atoms with van der Waals surface area (Å²) in [7, 11) is 0. The summed E-state index contributed by atoms with van der Waals surface area (Å²) in [4.78, 5) is 10.6. The summed E-state index contributed by atoms with van der Waals surface area (Å²) in [6.07, 6.45) is -23.6. The number of rotatable bonds is 2. The van der Waals surface area contributed by atoms with Crippen molar-refractivity contribution in [1.29, 1.82) is 0 Å². The van der Waals surface area contributed by atoms with Gasteiger partial charge in [0.05, 0.1) is 6.10 Å². The SMILES string of the molecule is O=C(O)C1NC[C@@H](C(C(F)(F)F)(C(F)(F)F)C(F)(F)F)C1O. The lowest BCUT2D eigenvalue weighted by molar-refractivity contribution is -0.445. The fourth-order valence-corrected chi connectivity index (χ4v) is 2.48. The summed E-state index contributed by atoms with van der Waals surface area (Å²) in [5.74, 6) is -5.57. The molecule has 2 unspecified atom stereocenters. The summed E-state index contributed by atoms with van der Waals surface area (Å²) >= 11 is 0. The molecular weight excluding hydrogens is 341 g/mol. The first-order chi connectivity index (χ1) is 9.59. The van der Waals surface area contributed by atoms with Crippen molar-refractivity contribution in [1.82, 2.24) is 5.32 Å². The molecule has 4 nitrogen and oxygen atoms in total. The Balaban J connectivity index is 3.57. The number of aliphatic hydroxyl groups excluding tert-OH is 1. The van der Waals surface area contributed by atoms with Crippen LogP contribution in [0, 0.1) is 11.3 Å². The van der Waals surface area contributed by atoms with Crippen molar-refractivity contribution in [3.8, 4) is 0 Å². The molecule has 1 rings (SSSR count). The molecular formula is C9H8F9NO3. The molecule has 22 heavy (non-hydrogen) atoms. The Morgan fingerprint density at radius 3 is 1.50 bits per heavy atom. The molecule has 0 bridgehead atoms. The van der Waals surface area contributed by atoms with Crippen molar-refractivity contribution in [3.63, 3.8) is 0 Å². The van der Waals surface area contributed by atoms with Crippen molar-refractivity contribution < 1.29 is 54.5 Å². The zero-order valence-corrected chi connectivity index (χ0v) is 10.1. The fourth-order valence-electron chi connectivity index (χ4n) is 2.48. The molecule has 0 aromatic rings. The van der Waals surface area contributed by atoms with Gasteiger partial charge in [-0.2, -0.15) is 39.5 Å². The first-order valence-electron chi connectivity index (χ1n) is 5.43. The second-order valence-corrected chi connectivity index (χ2v) is 4.62. The van der Waals surface area contributed by atoms with E-state index in [-0.39, 0.29) is 0 Å². The Morgan fingerprint density at radius 1 is 0.909 bits per heavy atom. The van der Waals surface area contributed by atoms with Gasteiger partial charge >= 0.3 is 24.5 Å². The maximum atomic E-state index is 12.8. The third-order valence-electron chi connectivity index (χ3n) is 3.48. The second kappa shape index (κ2) is 5.15. The van der Waals surface area contributed by atoms with E-state index in [1.54, 1.807) is 0 Å². The lowest BCUT2D eigenvalue weighted by Crippen LogP contribution is -2.66. The lowest BCUT2D eigenvalue weighted by Gasteiger charge is -2.43. The van der Waals surface area contributed by atoms with Crippen LogP contribution < -0.4 is 5.32 Å². The molecule has 0 spiro atoms. The van der Waals surface area contributed by atoms with Gasteiger partial charge in [-0.1, -0.05) is 0 Å². The first-order valence-corrected chi connectivity index (χ1v) is 5.43. The monoisotopic (exact) mass is 349 g/mol. The van der Waals surface area contributed by atoms with Crippen LogP contribution in [0.3, 0.4) is 0 Å². The molecule has 1 saturated heterocycles. The van der Waals surface area contributed by atoms with Crippen molar-refractivity contribution in [3.05, 3.63) is 0 Å². The zero-order chi connectivity index (χ0) is 17.7. The zero-order valence-electron chi connectivity index (χ0n) is 10.1. The molecule has 0 saturated carbocycles. The average molecular weight is 349 g/mol. The van der Waals surface area contributed by atoms with Gasteiger partial charge in [0.1, 0.15) is 6.04 Å². The predicted molar refractivity (Wildman–Crippen MR) is 49.5 cm³/mol. The molecule has 0 aliphatic carbocycles. The number of hydrogen-bond acceptors (Lipinski definition) is 3. The quantitative estimate of drug-likeness (QED) is 0.664. The van der Waals surface area contributed by atoms with Gasteiger partial charge in [0.25, 0.3) is 5.41 Å². The number of carboxylic acids is 1. The van der Waals surface area contributed by atoms with Crippen LogP contribution in [0.4, 0.5) is 39.5 Å². The van der Waals surface area contributed by atoms with Crippen LogP contribution in [0.5, 0.6) is 0 Å². The number of aliphatic carboxylic acids is 1. The van der Waals surface area contributed by atoms with E-state index in [9.17, 15) is 49.4 Å². The molecule has 1 fully saturated rings. The summed E-state index contributed by atoms with van der Waals surface area (Å²) < 4.78 is 115. The van der Waals surface area contributed by atoms with Crippen LogP contribution >= 0.6 is 0 Å². The van der Waals surface area contributed by atoms with Gasteiger partial charge in [-0.3, -0.25) is 4.79 Å². The molecule has 0 radical (unpaired) electrons. The van der Waals surface area contributed by atoms with Gasteiger partial charge in [0.15, 0.2) is 0 Å². The third kappa shape index (κ3) is 2.49. The Morgan fingerprint density at radius 2 is 1.27 bits per heavy atom. The molecule has 0 amide bonds. The maximum Gasteiger partial charge on any atom is 0.412 e. The summed E-state index contributed by atoms with van der Waals surface area (Å²) in [6.45, 7) is -1.63. The molecule has 3 atom stereocenters. The number of alkyl halides is 9. The van der Waals surface area contributed by atoms with Crippen LogP contribution in [0.2, 0.25) is 0 Å². The Labute approximate surface area is 115 Å². The minimum Gasteiger partial charge on any atom is -0.480 e. The summed E-state index contributed by atoms with van der Waals surface area (Å²) in [5, 5.41) is 19.3. The van der Waals surface area contributed by atoms with Crippen LogP contribution in [0.25, 0.3) is 0 Å². The van der Waals surface area contributed by atoms with E-state index in [2.05, 4.69) is 0 Å². The highest BCUT2D eigenvalue weighted by Crippen LogP contribution is 2.64. The molecule has 0 aromatic heterocycles. The molecule has 13 heteroatoms. The molecule has 3 N–H and O–H groups in total. The van der Waals surface area contributed by atoms with Gasteiger partial charge in [-0.15, -0.1) is 0 Å². The van der Waals surface area contributed by atoms with Gasteiger partial charge in [0, 0.05) is 12.5 Å². The number of carboxylic acid groups (broad SMARTS) is 1. The maximum absolute atomic E-state index is 12.8. The molecule has 130 valence electrons. The second-order valence-electron chi connectivity index (χ2n) is 4.62. The normalized spacial score (nSPS) is 28.0. The highest BCUT2D eigenvalue weighted by atomic mass is 19.4. The fraction of sp³-hybridized carbons (Fsp3) is 0.889. The van der Waals surface area contributed by atoms with E-state index in [1.807, 2.05) is 0 Å². The first kappa shape index (κ1) is 18.8. The van der Waals surface area contributed by atoms with Crippen LogP contribution in [-0.2, 0) is 4.79 Å². The standard InChI is InChI=1S/C9H8F9NO3/c10-7(11,12)6(8(13,14)15,9(16,17)18)2-1-19-3(4(2)20)5(21)22/h2-4,19-20H,1H2,(H,21,22)/t2-,3?,4?/m1/s1. The van der Waals surface area contributed by atoms with Crippen molar-refractivity contribution >= 4 is 5.97 Å². The summed E-state index contributed by atoms with van der Waals surface area (Å²) in [6, 6.07) is -2.38. The van der Waals surface area contributed by atoms with E-state index in [1.165, 1.54) is 5.32 Å². The topological polar surface area (TPSA) is 69.6 Å². The van der Waals surface area contributed by atoms with E-state index in [0.29, 0.717) is 0 Å². The van der Waals surface area contributed by atoms with E-state index >= 15 is 0 Å². The molecule has 1 heterocycles. The number of aliphatic hydroxyl groups is 1. The van der Waals surface area contributed by atoms with Crippen LogP contribution in [-0.4, -0.2) is 53.4 Å².